The van der Waals surface area contributed by atoms with Gasteiger partial charge in [-0.15, -0.1) is 5.75 Å². The van der Waals surface area contributed by atoms with E-state index in [0.29, 0.717) is 47.4 Å². The van der Waals surface area contributed by atoms with Crippen LogP contribution in [-0.2, 0) is 73.5 Å². The van der Waals surface area contributed by atoms with Gasteiger partial charge in [-0.05, 0) is 61.2 Å². The average Bonchev–Trinajstić information content (AvgIpc) is 3.48. The van der Waals surface area contributed by atoms with E-state index in [1.165, 1.54) is 12.1 Å². The third-order valence-corrected chi connectivity index (χ3v) is 8.13. The summed E-state index contributed by atoms with van der Waals surface area (Å²) in [6.07, 6.45) is 2.70. The Balaban J connectivity index is 0.00000392. The zero-order chi connectivity index (χ0) is 35.7. The third kappa shape index (κ3) is 13.0. The second kappa shape index (κ2) is 20.6. The molecule has 3 rings (SSSR count). The summed E-state index contributed by atoms with van der Waals surface area (Å²) in [5.41, 5.74) is 7.69. The van der Waals surface area contributed by atoms with Crippen molar-refractivity contribution in [2.45, 2.75) is 36.7 Å². The SMILES string of the molecule is CS(=O)(=O)c1ccc(C2=C(c3ccc(OC(CCCCCN)C(=O)C[N-]C(=O)C[N-]C(=O)C[N-]C(=O)C[S-])cc3)C(=O)OC2)cc1.[O]=[Tc+4]. The summed E-state index contributed by atoms with van der Waals surface area (Å²) in [5, 5.41) is 10.6. The van der Waals surface area contributed by atoms with Crippen molar-refractivity contribution in [3.05, 3.63) is 75.6 Å². The molecule has 0 bridgehead atoms. The summed E-state index contributed by atoms with van der Waals surface area (Å²) in [6, 6.07) is 12.7. The van der Waals surface area contributed by atoms with E-state index in [2.05, 4.69) is 28.6 Å². The molecule has 0 saturated heterocycles. The molecule has 2 aromatic carbocycles. The molecule has 14 nitrogen and oxygen atoms in total. The molecule has 1 heterocycles. The number of hydrogen-bond acceptors (Lipinski definition) is 12. The van der Waals surface area contributed by atoms with Crippen molar-refractivity contribution < 1.29 is 64.2 Å². The molecule has 3 amide bonds. The van der Waals surface area contributed by atoms with Gasteiger partial charge in [0.25, 0.3) is 0 Å². The van der Waals surface area contributed by atoms with Crippen LogP contribution in [0.1, 0.15) is 36.8 Å². The number of sulfone groups is 1. The zero-order valence-corrected chi connectivity index (χ0v) is 29.5. The summed E-state index contributed by atoms with van der Waals surface area (Å²) >= 11 is 5.42. The van der Waals surface area contributed by atoms with Gasteiger partial charge < -0.3 is 58.2 Å². The van der Waals surface area contributed by atoms with Crippen LogP contribution in [0, 0.1) is 0 Å². The van der Waals surface area contributed by atoms with Gasteiger partial charge >= 0.3 is 28.3 Å². The minimum absolute atomic E-state index is 0.0255. The Morgan fingerprint density at radius 2 is 1.44 bits per heavy atom. The molecule has 1 atom stereocenters. The molecule has 2 N–H and O–H groups in total. The number of Topliss-reactive ketones (excluding diaryl/α,β-unsaturated/α-hetero) is 1. The Kier molecular flexibility index (Phi) is 17.3. The molecule has 17 heteroatoms. The number of amides is 3. The van der Waals surface area contributed by atoms with Crippen molar-refractivity contribution in [3.63, 3.8) is 0 Å². The van der Waals surface area contributed by atoms with Crippen molar-refractivity contribution in [2.75, 3.05) is 44.8 Å². The fourth-order valence-corrected chi connectivity index (χ4v) is 5.08. The van der Waals surface area contributed by atoms with Crippen molar-refractivity contribution in [2.24, 2.45) is 5.73 Å². The fourth-order valence-electron chi connectivity index (χ4n) is 4.35. The second-order valence-electron chi connectivity index (χ2n) is 10.2. The molecule has 48 heavy (non-hydrogen) atoms. The number of rotatable bonds is 18. The van der Waals surface area contributed by atoms with E-state index in [1.54, 1.807) is 36.4 Å². The van der Waals surface area contributed by atoms with E-state index >= 15 is 0 Å². The molecule has 1 unspecified atom stereocenters. The van der Waals surface area contributed by atoms with Gasteiger partial charge in [0.2, 0.25) is 0 Å². The molecule has 0 saturated carbocycles. The standard InChI is InChI=1S/C31H38N4O9S2.O.Tc/c1-46(41,42)23-12-8-20(9-13-23)24-18-43-31(40)30(24)21-6-10-22(11-7-21)44-26(5-3-2-4-14-32)25(36)15-33-27(37)16-34-28(38)17-35-29(39)19-45;;/h6-13,26H,2-5,14-19,32H2,1H3,(H4,33,34,35,37,38,39,45);;/q;;+4/p-4. The van der Waals surface area contributed by atoms with Crippen LogP contribution in [0.4, 0.5) is 0 Å². The molecule has 1 aliphatic heterocycles. The first-order chi connectivity index (χ1) is 22.9. The number of nitrogens with zero attached hydrogens (tertiary/aromatic N) is 3. The number of nitrogens with two attached hydrogens (primary N) is 1. The molecule has 2 aromatic rings. The molecule has 0 aromatic heterocycles. The third-order valence-electron chi connectivity index (χ3n) is 6.75. The number of carbonyl (C=O) groups excluding carboxylic acids is 5. The number of cyclic esters (lactones) is 1. The predicted octanol–water partition coefficient (Wildman–Crippen LogP) is 2.52. The maximum absolute atomic E-state index is 13.0. The van der Waals surface area contributed by atoms with E-state index in [9.17, 15) is 32.4 Å². The molecule has 1 aliphatic rings. The van der Waals surface area contributed by atoms with Crippen LogP contribution < -0.4 is 10.5 Å². The maximum atomic E-state index is 13.0. The first-order valence-corrected chi connectivity index (χ1v) is 17.7. The monoisotopic (exact) mass is 783 g/mol. The van der Waals surface area contributed by atoms with E-state index in [0.717, 1.165) is 38.0 Å². The normalized spacial score (nSPS) is 13.1. The van der Waals surface area contributed by atoms with Crippen LogP contribution in [0.15, 0.2) is 53.4 Å². The molecular weight excluding hydrogens is 750 g/mol. The molecule has 0 aliphatic carbocycles. The number of benzene rings is 2. The van der Waals surface area contributed by atoms with Gasteiger partial charge in [0.05, 0.1) is 10.5 Å². The van der Waals surface area contributed by atoms with E-state index in [4.69, 9.17) is 18.7 Å². The number of ether oxygens (including phenoxy) is 2. The van der Waals surface area contributed by atoms with Gasteiger partial charge in [-0.25, -0.2) is 13.2 Å². The summed E-state index contributed by atoms with van der Waals surface area (Å²) in [6.45, 7) is -1.06. The molecule has 0 spiro atoms. The summed E-state index contributed by atoms with van der Waals surface area (Å²) in [7, 11) is -3.38. The summed E-state index contributed by atoms with van der Waals surface area (Å²) < 4.78 is 43.1. The topological polar surface area (TPSA) is 223 Å². The van der Waals surface area contributed by atoms with Crippen LogP contribution in [-0.4, -0.2) is 88.8 Å². The van der Waals surface area contributed by atoms with Gasteiger partial charge in [0.15, 0.2) is 21.7 Å². The van der Waals surface area contributed by atoms with Crippen LogP contribution in [0.25, 0.3) is 27.1 Å². The quantitative estimate of drug-likeness (QED) is 0.131. The number of esters is 1. The summed E-state index contributed by atoms with van der Waals surface area (Å²) in [4.78, 5) is 60.7. The van der Waals surface area contributed by atoms with Crippen LogP contribution in [0.3, 0.4) is 0 Å². The van der Waals surface area contributed by atoms with Crippen molar-refractivity contribution in [3.8, 4) is 5.75 Å². The Bertz CT molecular complexity index is 1580. The fraction of sp³-hybridized carbons (Fsp3) is 0.387. The van der Waals surface area contributed by atoms with Crippen molar-refractivity contribution in [1.29, 1.82) is 0 Å². The Labute approximate surface area is 294 Å². The minimum atomic E-state index is -3.38. The average molecular weight is 785 g/mol. The van der Waals surface area contributed by atoms with Gasteiger partial charge in [-0.2, -0.15) is 0 Å². The Morgan fingerprint density at radius 1 is 0.875 bits per heavy atom. The zero-order valence-electron chi connectivity index (χ0n) is 26.0. The predicted molar refractivity (Wildman–Crippen MR) is 173 cm³/mol. The first-order valence-electron chi connectivity index (χ1n) is 14.5. The molecule has 0 radical (unpaired) electrons. The van der Waals surface area contributed by atoms with Crippen molar-refractivity contribution >= 4 is 63.1 Å². The van der Waals surface area contributed by atoms with E-state index in [-0.39, 0.29) is 17.3 Å². The number of carbonyl (C=O) groups is 5. The summed E-state index contributed by atoms with van der Waals surface area (Å²) in [5.74, 6) is -3.10. The molecule has 0 fully saturated rings. The van der Waals surface area contributed by atoms with Gasteiger partial charge in [-0.3, -0.25) is 4.79 Å². The van der Waals surface area contributed by atoms with Crippen LogP contribution in [0.5, 0.6) is 5.75 Å². The number of ketones is 1. The van der Waals surface area contributed by atoms with E-state index < -0.39 is 65.0 Å². The van der Waals surface area contributed by atoms with Gasteiger partial charge in [0.1, 0.15) is 12.4 Å². The Hall–Kier alpha value is -3.76. The number of hydrogen-bond donors (Lipinski definition) is 1. The molecule has 257 valence electrons. The molecular formula is C31H34N4O10S2Tc. The number of unbranched alkanes of at least 4 members (excludes halogenated alkanes) is 2. The van der Waals surface area contributed by atoms with E-state index in [1.807, 2.05) is 0 Å². The van der Waals surface area contributed by atoms with Gasteiger partial charge in [-0.1, -0.05) is 50.3 Å². The second-order valence-corrected chi connectivity index (χ2v) is 12.5. The van der Waals surface area contributed by atoms with Crippen LogP contribution >= 0.6 is 0 Å². The van der Waals surface area contributed by atoms with Crippen molar-refractivity contribution in [1.82, 2.24) is 0 Å². The van der Waals surface area contributed by atoms with Crippen LogP contribution in [0.2, 0.25) is 0 Å². The van der Waals surface area contributed by atoms with Gasteiger partial charge in [0, 0.05) is 29.6 Å². The first kappa shape index (κ1) is 40.4. The Morgan fingerprint density at radius 3 is 2.00 bits per heavy atom.